The number of carbonyl (C=O) groups is 2. The van der Waals surface area contributed by atoms with Gasteiger partial charge in [-0.1, -0.05) is 36.0 Å². The van der Waals surface area contributed by atoms with Crippen LogP contribution in [0.4, 0.5) is 9.59 Å². The van der Waals surface area contributed by atoms with E-state index in [2.05, 4.69) is 17.5 Å². The van der Waals surface area contributed by atoms with E-state index < -0.39 is 11.8 Å². The molecule has 0 aliphatic carbocycles. The van der Waals surface area contributed by atoms with Crippen LogP contribution in [-0.4, -0.2) is 66.8 Å². The molecule has 192 valence electrons. The van der Waals surface area contributed by atoms with Crippen LogP contribution in [0, 0.1) is 0 Å². The Labute approximate surface area is 211 Å². The lowest BCUT2D eigenvalue weighted by molar-refractivity contribution is -0.180. The van der Waals surface area contributed by atoms with Crippen LogP contribution in [0.5, 0.6) is 5.75 Å². The Hall–Kier alpha value is -2.23. The third-order valence-corrected chi connectivity index (χ3v) is 7.93. The Balaban J connectivity index is 1.53. The topological polar surface area (TPSA) is 86.3 Å². The van der Waals surface area contributed by atoms with Gasteiger partial charge in [-0.3, -0.25) is 10.1 Å². The molecule has 2 amide bonds. The van der Waals surface area contributed by atoms with Crippen LogP contribution in [0.25, 0.3) is 0 Å². The molecule has 3 aliphatic rings. The number of fused-ring (bicyclic) bond motifs is 2. The molecule has 4 rings (SSSR count). The van der Waals surface area contributed by atoms with Gasteiger partial charge in [0.2, 0.25) is 0 Å². The summed E-state index contributed by atoms with van der Waals surface area (Å²) in [4.78, 5) is 27.4. The molecule has 3 aliphatic heterocycles. The summed E-state index contributed by atoms with van der Waals surface area (Å²) in [6, 6.07) is 7.64. The van der Waals surface area contributed by atoms with Gasteiger partial charge in [-0.05, 0) is 49.8 Å². The number of nitrogens with one attached hydrogen (secondary N) is 1. The predicted molar refractivity (Wildman–Crippen MR) is 135 cm³/mol. The molecule has 2 fully saturated rings. The van der Waals surface area contributed by atoms with E-state index in [4.69, 9.17) is 18.9 Å². The van der Waals surface area contributed by atoms with Gasteiger partial charge >= 0.3 is 6.09 Å². The normalized spacial score (nSPS) is 30.3. The molecule has 1 aromatic rings. The zero-order chi connectivity index (χ0) is 24.7. The maximum absolute atomic E-state index is 12.9. The Morgan fingerprint density at radius 2 is 1.89 bits per heavy atom. The summed E-state index contributed by atoms with van der Waals surface area (Å²) in [5.41, 5.74) is 0.132. The van der Waals surface area contributed by atoms with Gasteiger partial charge in [0.05, 0.1) is 32.0 Å². The molecule has 1 N–H and O–H groups in total. The monoisotopic (exact) mass is 504 g/mol. The van der Waals surface area contributed by atoms with Crippen LogP contribution in [0.1, 0.15) is 50.5 Å². The molecule has 0 radical (unpaired) electrons. The Morgan fingerprint density at radius 3 is 2.63 bits per heavy atom. The summed E-state index contributed by atoms with van der Waals surface area (Å²) in [5, 5.41) is 3.04. The Bertz CT molecular complexity index is 894. The summed E-state index contributed by atoms with van der Waals surface area (Å²) >= 11 is 1.32. The number of amides is 2. The number of methoxy groups -OCH3 is 2. The standard InChI is InChI=1S/C26H36N2O6S/c1-31-20-12-10-19(11-13-20)17-28-22(18-35-25(28)30)23-16-26(32-2)15-21(34-23)9-7-5-3-4-6-8-14-33-24(29)27-26/h3-4,10-13,21-23H,5-9,14-18H2,1-2H3,(H,27,29)/t21-,22+,23-,26-/m1/s1. The van der Waals surface area contributed by atoms with Crippen molar-refractivity contribution in [2.24, 2.45) is 0 Å². The number of rotatable bonds is 5. The van der Waals surface area contributed by atoms with E-state index in [0.717, 1.165) is 43.4 Å². The van der Waals surface area contributed by atoms with E-state index in [1.54, 1.807) is 14.2 Å². The minimum atomic E-state index is -0.896. The minimum Gasteiger partial charge on any atom is -0.497 e. The SMILES string of the molecule is COc1ccc(CN2C(=O)SC[C@H]2[C@H]2C[C@]3(OC)C[C@@H](CCCC=CCCCOC(=O)N3)O2)cc1. The fourth-order valence-electron chi connectivity index (χ4n) is 5.01. The molecule has 3 heterocycles. The number of cyclic esters (lactones) is 1. The molecule has 9 heteroatoms. The van der Waals surface area contributed by atoms with Crippen molar-refractivity contribution in [3.63, 3.8) is 0 Å². The van der Waals surface area contributed by atoms with Crippen LogP contribution < -0.4 is 10.1 Å². The summed E-state index contributed by atoms with van der Waals surface area (Å²) in [6.07, 6.45) is 9.02. The van der Waals surface area contributed by atoms with Gasteiger partial charge in [0, 0.05) is 32.2 Å². The minimum absolute atomic E-state index is 0.0409. The maximum atomic E-state index is 12.9. The number of ether oxygens (including phenoxy) is 4. The molecular formula is C26H36N2O6S. The van der Waals surface area contributed by atoms with Crippen molar-refractivity contribution in [1.29, 1.82) is 0 Å². The van der Waals surface area contributed by atoms with Crippen LogP contribution in [0.15, 0.2) is 36.4 Å². The van der Waals surface area contributed by atoms with Crippen LogP contribution >= 0.6 is 11.8 Å². The van der Waals surface area contributed by atoms with E-state index in [9.17, 15) is 9.59 Å². The van der Waals surface area contributed by atoms with Gasteiger partial charge in [0.15, 0.2) is 0 Å². The van der Waals surface area contributed by atoms with Crippen molar-refractivity contribution in [2.45, 2.75) is 75.5 Å². The quantitative estimate of drug-likeness (QED) is 0.573. The number of thioether (sulfide) groups is 1. The average Bonchev–Trinajstić information content (AvgIpc) is 3.22. The molecule has 1 aromatic carbocycles. The molecule has 2 bridgehead atoms. The maximum Gasteiger partial charge on any atom is 0.409 e. The highest BCUT2D eigenvalue weighted by molar-refractivity contribution is 8.13. The fourth-order valence-corrected chi connectivity index (χ4v) is 6.08. The van der Waals surface area contributed by atoms with E-state index in [1.165, 1.54) is 11.8 Å². The van der Waals surface area contributed by atoms with E-state index >= 15 is 0 Å². The Kier molecular flexibility index (Phi) is 8.97. The molecule has 2 saturated heterocycles. The van der Waals surface area contributed by atoms with Crippen molar-refractivity contribution in [3.8, 4) is 5.75 Å². The van der Waals surface area contributed by atoms with Crippen molar-refractivity contribution < 1.29 is 28.5 Å². The molecule has 8 nitrogen and oxygen atoms in total. The number of alkyl carbamates (subject to hydrolysis) is 1. The van der Waals surface area contributed by atoms with Crippen molar-refractivity contribution in [3.05, 3.63) is 42.0 Å². The molecule has 35 heavy (non-hydrogen) atoms. The highest BCUT2D eigenvalue weighted by Gasteiger charge is 2.49. The zero-order valence-electron chi connectivity index (χ0n) is 20.6. The van der Waals surface area contributed by atoms with Crippen LogP contribution in [0.2, 0.25) is 0 Å². The third-order valence-electron chi connectivity index (χ3n) is 6.94. The fraction of sp³-hybridized carbons (Fsp3) is 0.615. The molecule has 0 unspecified atom stereocenters. The van der Waals surface area contributed by atoms with E-state index in [-0.39, 0.29) is 23.5 Å². The number of allylic oxidation sites excluding steroid dienone is 2. The van der Waals surface area contributed by atoms with E-state index in [0.29, 0.717) is 31.7 Å². The van der Waals surface area contributed by atoms with Gasteiger partial charge in [0.1, 0.15) is 11.5 Å². The molecule has 0 aromatic heterocycles. The molecule has 4 atom stereocenters. The van der Waals surface area contributed by atoms with Crippen molar-refractivity contribution >= 4 is 23.1 Å². The third kappa shape index (κ3) is 6.71. The number of nitrogens with zero attached hydrogens (tertiary/aromatic N) is 1. The highest BCUT2D eigenvalue weighted by Crippen LogP contribution is 2.38. The lowest BCUT2D eigenvalue weighted by Gasteiger charge is -2.46. The van der Waals surface area contributed by atoms with E-state index in [1.807, 2.05) is 29.2 Å². The van der Waals surface area contributed by atoms with Gasteiger partial charge in [-0.15, -0.1) is 0 Å². The second-order valence-electron chi connectivity index (χ2n) is 9.33. The van der Waals surface area contributed by atoms with Crippen molar-refractivity contribution in [2.75, 3.05) is 26.6 Å². The molecule has 0 spiro atoms. The smallest absolute Gasteiger partial charge is 0.409 e. The summed E-state index contributed by atoms with van der Waals surface area (Å²) in [5.74, 6) is 1.42. The Morgan fingerprint density at radius 1 is 1.11 bits per heavy atom. The van der Waals surface area contributed by atoms with Crippen LogP contribution in [-0.2, 0) is 20.8 Å². The van der Waals surface area contributed by atoms with Gasteiger partial charge < -0.3 is 23.8 Å². The lowest BCUT2D eigenvalue weighted by atomic mass is 9.88. The lowest BCUT2D eigenvalue weighted by Crippen LogP contribution is -2.61. The predicted octanol–water partition coefficient (Wildman–Crippen LogP) is 4.87. The molecule has 0 saturated carbocycles. The zero-order valence-corrected chi connectivity index (χ0v) is 21.4. The summed E-state index contributed by atoms with van der Waals surface area (Å²) < 4.78 is 23.2. The highest BCUT2D eigenvalue weighted by atomic mass is 32.2. The number of hydrogen-bond donors (Lipinski definition) is 1. The van der Waals surface area contributed by atoms with Gasteiger partial charge in [0.25, 0.3) is 5.24 Å². The number of hydrogen-bond acceptors (Lipinski definition) is 7. The number of carbonyl (C=O) groups excluding carboxylic acids is 2. The first-order chi connectivity index (χ1) is 17.0. The first-order valence-corrected chi connectivity index (χ1v) is 13.4. The largest absolute Gasteiger partial charge is 0.497 e. The summed E-state index contributed by atoms with van der Waals surface area (Å²) in [7, 11) is 3.26. The second kappa shape index (κ2) is 12.1. The van der Waals surface area contributed by atoms with Gasteiger partial charge in [-0.2, -0.15) is 0 Å². The second-order valence-corrected chi connectivity index (χ2v) is 10.3. The first kappa shape index (κ1) is 25.9. The molecular weight excluding hydrogens is 468 g/mol. The van der Waals surface area contributed by atoms with Crippen molar-refractivity contribution in [1.82, 2.24) is 10.2 Å². The van der Waals surface area contributed by atoms with Crippen LogP contribution in [0.3, 0.4) is 0 Å². The average molecular weight is 505 g/mol. The summed E-state index contributed by atoms with van der Waals surface area (Å²) in [6.45, 7) is 0.855. The van der Waals surface area contributed by atoms with Gasteiger partial charge in [-0.25, -0.2) is 4.79 Å². The first-order valence-electron chi connectivity index (χ1n) is 12.4. The number of benzene rings is 1.